The Morgan fingerprint density at radius 1 is 1.73 bits per heavy atom. The molecule has 0 radical (unpaired) electrons. The molecule has 0 saturated heterocycles. The lowest BCUT2D eigenvalue weighted by Gasteiger charge is -2.15. The third kappa shape index (κ3) is 2.50. The number of nitrogen functional groups attached to an aromatic ring is 1. The summed E-state index contributed by atoms with van der Waals surface area (Å²) >= 11 is 0. The van der Waals surface area contributed by atoms with Gasteiger partial charge in [-0.1, -0.05) is 0 Å². The number of hydrogen-bond acceptors (Lipinski definition) is 3. The Kier molecular flexibility index (Phi) is 3.34. The molecule has 0 unspecified atom stereocenters. The molecule has 15 heavy (non-hydrogen) atoms. The maximum absolute atomic E-state index is 11.8. The van der Waals surface area contributed by atoms with Crippen molar-refractivity contribution in [1.29, 1.82) is 5.26 Å². The minimum absolute atomic E-state index is 0.121. The second kappa shape index (κ2) is 4.51. The zero-order valence-electron chi connectivity index (χ0n) is 8.90. The van der Waals surface area contributed by atoms with Gasteiger partial charge in [-0.3, -0.25) is 4.79 Å². The average Bonchev–Trinajstić information content (AvgIpc) is 2.53. The number of amides is 1. The first-order chi connectivity index (χ1) is 7.06. The van der Waals surface area contributed by atoms with Gasteiger partial charge in [0, 0.05) is 26.8 Å². The molecule has 0 fully saturated rings. The summed E-state index contributed by atoms with van der Waals surface area (Å²) in [5, 5.41) is 8.41. The van der Waals surface area contributed by atoms with Gasteiger partial charge in [-0.2, -0.15) is 5.26 Å². The van der Waals surface area contributed by atoms with Gasteiger partial charge in [0.15, 0.2) is 0 Å². The smallest absolute Gasteiger partial charge is 0.270 e. The topological polar surface area (TPSA) is 75.1 Å². The van der Waals surface area contributed by atoms with Crippen LogP contribution >= 0.6 is 0 Å². The largest absolute Gasteiger partial charge is 0.397 e. The minimum atomic E-state index is -0.121. The van der Waals surface area contributed by atoms with E-state index in [1.807, 2.05) is 6.07 Å². The fourth-order valence-electron chi connectivity index (χ4n) is 1.32. The van der Waals surface area contributed by atoms with Crippen LogP contribution in [-0.2, 0) is 7.05 Å². The van der Waals surface area contributed by atoms with Crippen molar-refractivity contribution in [1.82, 2.24) is 9.47 Å². The maximum atomic E-state index is 11.8. The van der Waals surface area contributed by atoms with Crippen LogP contribution in [0.5, 0.6) is 0 Å². The number of carbonyl (C=O) groups is 1. The summed E-state index contributed by atoms with van der Waals surface area (Å²) < 4.78 is 1.68. The van der Waals surface area contributed by atoms with Gasteiger partial charge in [0.05, 0.1) is 18.2 Å². The van der Waals surface area contributed by atoms with Crippen molar-refractivity contribution in [3.63, 3.8) is 0 Å². The normalized spacial score (nSPS) is 9.67. The van der Waals surface area contributed by atoms with E-state index < -0.39 is 0 Å². The number of nitrogens with two attached hydrogens (primary N) is 1. The number of rotatable bonds is 3. The molecule has 0 aliphatic carbocycles. The molecule has 0 aliphatic rings. The zero-order chi connectivity index (χ0) is 11.4. The van der Waals surface area contributed by atoms with Crippen molar-refractivity contribution in [2.45, 2.75) is 6.42 Å². The summed E-state index contributed by atoms with van der Waals surface area (Å²) in [6, 6.07) is 3.63. The molecular formula is C10H14N4O. The Balaban J connectivity index is 2.76. The fourth-order valence-corrected chi connectivity index (χ4v) is 1.32. The third-order valence-electron chi connectivity index (χ3n) is 2.15. The van der Waals surface area contributed by atoms with Gasteiger partial charge in [0.1, 0.15) is 5.69 Å². The maximum Gasteiger partial charge on any atom is 0.270 e. The van der Waals surface area contributed by atoms with Gasteiger partial charge in [-0.25, -0.2) is 0 Å². The molecule has 1 aromatic heterocycles. The summed E-state index contributed by atoms with van der Waals surface area (Å²) in [6.07, 6.45) is 2.02. The van der Waals surface area contributed by atoms with Crippen LogP contribution < -0.4 is 5.73 Å². The van der Waals surface area contributed by atoms with E-state index in [-0.39, 0.29) is 5.91 Å². The zero-order valence-corrected chi connectivity index (χ0v) is 8.90. The second-order valence-corrected chi connectivity index (χ2v) is 3.40. The number of aryl methyl sites for hydroxylation is 1. The SMILES string of the molecule is CN(CCC#N)C(=O)c1cc(N)cn1C. The summed E-state index contributed by atoms with van der Waals surface area (Å²) in [4.78, 5) is 13.3. The predicted octanol–water partition coefficient (Wildman–Crippen LogP) is 0.593. The van der Waals surface area contributed by atoms with E-state index in [0.717, 1.165) is 0 Å². The molecule has 0 aliphatic heterocycles. The van der Waals surface area contributed by atoms with Gasteiger partial charge in [0.2, 0.25) is 0 Å². The summed E-state index contributed by atoms with van der Waals surface area (Å²) in [5.74, 6) is -0.121. The van der Waals surface area contributed by atoms with Crippen molar-refractivity contribution in [3.05, 3.63) is 18.0 Å². The molecule has 0 saturated carbocycles. The van der Waals surface area contributed by atoms with Crippen LogP contribution in [-0.4, -0.2) is 29.0 Å². The Labute approximate surface area is 88.7 Å². The summed E-state index contributed by atoms with van der Waals surface area (Å²) in [6.45, 7) is 0.431. The van der Waals surface area contributed by atoms with E-state index in [0.29, 0.717) is 24.3 Å². The minimum Gasteiger partial charge on any atom is -0.397 e. The van der Waals surface area contributed by atoms with Gasteiger partial charge in [-0.05, 0) is 6.07 Å². The van der Waals surface area contributed by atoms with Crippen molar-refractivity contribution in [2.75, 3.05) is 19.3 Å². The molecule has 0 spiro atoms. The Morgan fingerprint density at radius 2 is 2.40 bits per heavy atom. The van der Waals surface area contributed by atoms with Crippen LogP contribution in [0.2, 0.25) is 0 Å². The highest BCUT2D eigenvalue weighted by atomic mass is 16.2. The molecule has 5 nitrogen and oxygen atoms in total. The first kappa shape index (κ1) is 11.1. The fraction of sp³-hybridized carbons (Fsp3) is 0.400. The predicted molar refractivity (Wildman–Crippen MR) is 57.0 cm³/mol. The molecule has 0 aromatic carbocycles. The van der Waals surface area contributed by atoms with Crippen molar-refractivity contribution in [2.24, 2.45) is 7.05 Å². The van der Waals surface area contributed by atoms with Crippen LogP contribution in [0.3, 0.4) is 0 Å². The lowest BCUT2D eigenvalue weighted by molar-refractivity contribution is 0.0788. The number of nitrogens with zero attached hydrogens (tertiary/aromatic N) is 3. The highest BCUT2D eigenvalue weighted by Gasteiger charge is 2.14. The molecule has 1 amide bonds. The van der Waals surface area contributed by atoms with Crippen molar-refractivity contribution in [3.8, 4) is 6.07 Å². The average molecular weight is 206 g/mol. The van der Waals surface area contributed by atoms with E-state index >= 15 is 0 Å². The molecule has 1 aromatic rings. The lowest BCUT2D eigenvalue weighted by Crippen LogP contribution is -2.29. The number of nitriles is 1. The van der Waals surface area contributed by atoms with Crippen molar-refractivity contribution < 1.29 is 4.79 Å². The van der Waals surface area contributed by atoms with Gasteiger partial charge in [0.25, 0.3) is 5.91 Å². The third-order valence-corrected chi connectivity index (χ3v) is 2.15. The van der Waals surface area contributed by atoms with Crippen LogP contribution in [0, 0.1) is 11.3 Å². The molecular weight excluding hydrogens is 192 g/mol. The number of aromatic nitrogens is 1. The van der Waals surface area contributed by atoms with E-state index in [1.54, 1.807) is 30.9 Å². The van der Waals surface area contributed by atoms with E-state index in [9.17, 15) is 4.79 Å². The number of anilines is 1. The van der Waals surface area contributed by atoms with E-state index in [4.69, 9.17) is 11.0 Å². The summed E-state index contributed by atoms with van der Waals surface area (Å²) in [5.41, 5.74) is 6.67. The van der Waals surface area contributed by atoms with Crippen molar-refractivity contribution >= 4 is 11.6 Å². The first-order valence-electron chi connectivity index (χ1n) is 4.60. The van der Waals surface area contributed by atoms with Gasteiger partial charge in [-0.15, -0.1) is 0 Å². The Hall–Kier alpha value is -1.96. The highest BCUT2D eigenvalue weighted by molar-refractivity contribution is 5.93. The monoisotopic (exact) mass is 206 g/mol. The molecule has 0 atom stereocenters. The Bertz CT molecular complexity index is 402. The molecule has 5 heteroatoms. The number of carbonyl (C=O) groups excluding carboxylic acids is 1. The first-order valence-corrected chi connectivity index (χ1v) is 4.60. The van der Waals surface area contributed by atoms with Crippen LogP contribution in [0.4, 0.5) is 5.69 Å². The Morgan fingerprint density at radius 3 is 2.87 bits per heavy atom. The van der Waals surface area contributed by atoms with Crippen LogP contribution in [0.15, 0.2) is 12.3 Å². The molecule has 1 heterocycles. The number of hydrogen-bond donors (Lipinski definition) is 1. The second-order valence-electron chi connectivity index (χ2n) is 3.40. The molecule has 80 valence electrons. The van der Waals surface area contributed by atoms with Crippen LogP contribution in [0.25, 0.3) is 0 Å². The molecule has 1 rings (SSSR count). The lowest BCUT2D eigenvalue weighted by atomic mass is 10.3. The van der Waals surface area contributed by atoms with Gasteiger partial charge < -0.3 is 15.2 Å². The molecule has 0 bridgehead atoms. The van der Waals surface area contributed by atoms with E-state index in [1.165, 1.54) is 4.90 Å². The van der Waals surface area contributed by atoms with E-state index in [2.05, 4.69) is 0 Å². The standard InChI is InChI=1S/C10H14N4O/c1-13(5-3-4-11)10(15)9-6-8(12)7-14(9)2/h6-7H,3,5,12H2,1-2H3. The molecule has 2 N–H and O–H groups in total. The quantitative estimate of drug-likeness (QED) is 0.786. The van der Waals surface area contributed by atoms with Gasteiger partial charge >= 0.3 is 0 Å². The highest BCUT2D eigenvalue weighted by Crippen LogP contribution is 2.10. The summed E-state index contributed by atoms with van der Waals surface area (Å²) in [7, 11) is 3.44. The van der Waals surface area contributed by atoms with Crippen LogP contribution in [0.1, 0.15) is 16.9 Å².